The van der Waals surface area contributed by atoms with Crippen LogP contribution in [0, 0.1) is 23.7 Å². The van der Waals surface area contributed by atoms with Crippen molar-refractivity contribution in [2.75, 3.05) is 0 Å². The number of hydrogen-bond acceptors (Lipinski definition) is 2. The molecule has 4 heteroatoms. The highest BCUT2D eigenvalue weighted by molar-refractivity contribution is 5.88. The van der Waals surface area contributed by atoms with Crippen molar-refractivity contribution in [3.8, 4) is 0 Å². The molecule has 1 N–H and O–H groups in total. The number of benzene rings is 1. The van der Waals surface area contributed by atoms with E-state index in [-0.39, 0.29) is 23.9 Å². The molecule has 0 aromatic heterocycles. The van der Waals surface area contributed by atoms with Crippen LogP contribution >= 0.6 is 0 Å². The number of carbonyl (C=O) groups excluding carboxylic acids is 1. The predicted molar refractivity (Wildman–Crippen MR) is 92.7 cm³/mol. The van der Waals surface area contributed by atoms with Crippen LogP contribution < -0.4 is 0 Å². The molecule has 4 aliphatic carbocycles. The summed E-state index contributed by atoms with van der Waals surface area (Å²) in [6.45, 7) is 0. The number of aliphatic carboxylic acids is 1. The Morgan fingerprint density at radius 3 is 2.08 bits per heavy atom. The fraction of sp³-hybridized carbons (Fsp3) is 0.619. The molecule has 4 saturated carbocycles. The monoisotopic (exact) mass is 339 g/mol. The number of likely N-dealkylation sites (tertiary alicyclic amines) is 1. The summed E-state index contributed by atoms with van der Waals surface area (Å²) in [5.74, 6) is 0.804. The van der Waals surface area contributed by atoms with E-state index in [0.29, 0.717) is 0 Å². The molecule has 4 nitrogen and oxygen atoms in total. The number of carbonyl (C=O) groups is 2. The lowest BCUT2D eigenvalue weighted by Gasteiger charge is -2.61. The minimum Gasteiger partial charge on any atom is -0.481 e. The maximum absolute atomic E-state index is 13.1. The highest BCUT2D eigenvalue weighted by Crippen LogP contribution is 2.60. The molecule has 1 aromatic carbocycles. The molecule has 6 rings (SSSR count). The zero-order chi connectivity index (χ0) is 17.2. The summed E-state index contributed by atoms with van der Waals surface area (Å²) < 4.78 is 0. The van der Waals surface area contributed by atoms with Crippen LogP contribution in [-0.2, 0) is 9.59 Å². The minimum absolute atomic E-state index is 0.0585. The molecule has 1 saturated heterocycles. The van der Waals surface area contributed by atoms with Gasteiger partial charge in [0.2, 0.25) is 5.91 Å². The first kappa shape index (κ1) is 15.4. The lowest BCUT2D eigenvalue weighted by molar-refractivity contribution is -0.151. The number of rotatable bonds is 3. The van der Waals surface area contributed by atoms with Gasteiger partial charge in [-0.1, -0.05) is 30.3 Å². The van der Waals surface area contributed by atoms with E-state index in [2.05, 4.69) is 4.90 Å². The van der Waals surface area contributed by atoms with E-state index in [1.165, 1.54) is 19.3 Å². The van der Waals surface area contributed by atoms with Crippen LogP contribution in [0.1, 0.15) is 56.6 Å². The molecule has 0 spiro atoms. The lowest BCUT2D eigenvalue weighted by atomic mass is 9.52. The lowest BCUT2D eigenvalue weighted by Crippen LogP contribution is -2.61. The van der Waals surface area contributed by atoms with Crippen LogP contribution in [0.2, 0.25) is 0 Å². The Morgan fingerprint density at radius 2 is 1.56 bits per heavy atom. The van der Waals surface area contributed by atoms with Gasteiger partial charge in [-0.05, 0) is 61.8 Å². The van der Waals surface area contributed by atoms with E-state index in [4.69, 9.17) is 0 Å². The Hall–Kier alpha value is -1.84. The number of nitrogens with zero attached hydrogens (tertiary/aromatic N) is 1. The fourth-order valence-corrected chi connectivity index (χ4v) is 6.91. The summed E-state index contributed by atoms with van der Waals surface area (Å²) in [5.41, 5.74) is 0.896. The Kier molecular flexibility index (Phi) is 3.28. The second-order valence-electron chi connectivity index (χ2n) is 8.91. The second-order valence-corrected chi connectivity index (χ2v) is 8.91. The maximum atomic E-state index is 13.1. The van der Waals surface area contributed by atoms with Crippen LogP contribution in [0.4, 0.5) is 0 Å². The van der Waals surface area contributed by atoms with Crippen molar-refractivity contribution < 1.29 is 14.7 Å². The Morgan fingerprint density at radius 1 is 1.00 bits per heavy atom. The summed E-state index contributed by atoms with van der Waals surface area (Å²) in [4.78, 5) is 27.0. The molecule has 1 heterocycles. The summed E-state index contributed by atoms with van der Waals surface area (Å²) in [6, 6.07) is 9.54. The van der Waals surface area contributed by atoms with Crippen molar-refractivity contribution in [2.45, 2.75) is 56.5 Å². The Labute approximate surface area is 148 Å². The highest BCUT2D eigenvalue weighted by atomic mass is 16.4. The molecule has 1 aromatic rings. The van der Waals surface area contributed by atoms with Gasteiger partial charge in [0, 0.05) is 12.0 Å². The normalized spacial score (nSPS) is 42.2. The molecule has 132 valence electrons. The third-order valence-corrected chi connectivity index (χ3v) is 7.30. The van der Waals surface area contributed by atoms with Gasteiger partial charge >= 0.3 is 5.97 Å². The van der Waals surface area contributed by atoms with E-state index in [9.17, 15) is 14.7 Å². The summed E-state index contributed by atoms with van der Waals surface area (Å²) >= 11 is 0. The third-order valence-electron chi connectivity index (χ3n) is 7.30. The number of amides is 1. The Bertz CT molecular complexity index is 678. The zero-order valence-corrected chi connectivity index (χ0v) is 14.4. The van der Waals surface area contributed by atoms with Gasteiger partial charge in [-0.25, -0.2) is 0 Å². The molecular formula is C21H25NO3. The van der Waals surface area contributed by atoms with Crippen LogP contribution in [0.15, 0.2) is 30.3 Å². The largest absolute Gasteiger partial charge is 0.481 e. The van der Waals surface area contributed by atoms with E-state index in [0.717, 1.165) is 42.6 Å². The SMILES string of the molecule is O=C(O)[C@H]1CC(=O)N(C23CC4CC(CC(C4)C2)C3)[C@@H]1c1ccccc1. The van der Waals surface area contributed by atoms with E-state index in [1.54, 1.807) is 0 Å². The molecule has 4 bridgehead atoms. The summed E-state index contributed by atoms with van der Waals surface area (Å²) in [5, 5.41) is 9.78. The molecule has 25 heavy (non-hydrogen) atoms. The van der Waals surface area contributed by atoms with E-state index >= 15 is 0 Å². The van der Waals surface area contributed by atoms with Gasteiger partial charge in [-0.2, -0.15) is 0 Å². The van der Waals surface area contributed by atoms with Crippen molar-refractivity contribution in [1.29, 1.82) is 0 Å². The molecule has 1 amide bonds. The standard InChI is InChI=1S/C21H25NO3/c23-18-9-17(20(24)25)19(16-4-2-1-3-5-16)22(18)21-10-13-6-14(11-21)8-15(7-13)12-21/h1-5,13-15,17,19H,6-12H2,(H,24,25)/t13?,14?,15?,17-,19+,21?/m0/s1. The predicted octanol–water partition coefficient (Wildman–Crippen LogP) is 3.63. The van der Waals surface area contributed by atoms with E-state index in [1.807, 2.05) is 30.3 Å². The van der Waals surface area contributed by atoms with Gasteiger partial charge < -0.3 is 10.0 Å². The Balaban J connectivity index is 1.58. The maximum Gasteiger partial charge on any atom is 0.309 e. The van der Waals surface area contributed by atoms with Crippen molar-refractivity contribution in [2.24, 2.45) is 23.7 Å². The first-order valence-electron chi connectivity index (χ1n) is 9.66. The molecule has 5 fully saturated rings. The molecule has 5 aliphatic rings. The topological polar surface area (TPSA) is 57.6 Å². The highest BCUT2D eigenvalue weighted by Gasteiger charge is 2.59. The van der Waals surface area contributed by atoms with Crippen LogP contribution in [0.25, 0.3) is 0 Å². The third kappa shape index (κ3) is 2.26. The molecular weight excluding hydrogens is 314 g/mol. The second kappa shape index (κ2) is 5.33. The first-order chi connectivity index (χ1) is 12.1. The van der Waals surface area contributed by atoms with Gasteiger partial charge in [0.05, 0.1) is 12.0 Å². The number of hydrogen-bond donors (Lipinski definition) is 1. The van der Waals surface area contributed by atoms with E-state index < -0.39 is 11.9 Å². The minimum atomic E-state index is -0.838. The quantitative estimate of drug-likeness (QED) is 0.915. The first-order valence-corrected chi connectivity index (χ1v) is 9.66. The van der Waals surface area contributed by atoms with Crippen LogP contribution in [0.5, 0.6) is 0 Å². The van der Waals surface area contributed by atoms with Gasteiger partial charge in [-0.15, -0.1) is 0 Å². The van der Waals surface area contributed by atoms with Gasteiger partial charge in [0.1, 0.15) is 0 Å². The number of carboxylic acid groups (broad SMARTS) is 1. The zero-order valence-electron chi connectivity index (χ0n) is 14.4. The van der Waals surface area contributed by atoms with Gasteiger partial charge in [0.25, 0.3) is 0 Å². The molecule has 0 radical (unpaired) electrons. The van der Waals surface area contributed by atoms with Crippen molar-refractivity contribution in [3.63, 3.8) is 0 Å². The molecule has 0 unspecified atom stereocenters. The van der Waals surface area contributed by atoms with Gasteiger partial charge in [0.15, 0.2) is 0 Å². The molecule has 2 atom stereocenters. The summed E-state index contributed by atoms with van der Waals surface area (Å²) in [6.07, 6.45) is 7.36. The fourth-order valence-electron chi connectivity index (χ4n) is 6.91. The average Bonchev–Trinajstić information content (AvgIpc) is 2.93. The smallest absolute Gasteiger partial charge is 0.309 e. The van der Waals surface area contributed by atoms with Crippen molar-refractivity contribution in [1.82, 2.24) is 4.90 Å². The van der Waals surface area contributed by atoms with Crippen molar-refractivity contribution >= 4 is 11.9 Å². The average molecular weight is 339 g/mol. The van der Waals surface area contributed by atoms with Gasteiger partial charge in [-0.3, -0.25) is 9.59 Å². The van der Waals surface area contributed by atoms with Crippen LogP contribution in [0.3, 0.4) is 0 Å². The summed E-state index contributed by atoms with van der Waals surface area (Å²) in [7, 11) is 0. The van der Waals surface area contributed by atoms with Crippen molar-refractivity contribution in [3.05, 3.63) is 35.9 Å². The number of carboxylic acids is 1. The van der Waals surface area contributed by atoms with Crippen LogP contribution in [-0.4, -0.2) is 27.4 Å². The molecule has 1 aliphatic heterocycles.